The normalized spacial score (nSPS) is 19.4. The van der Waals surface area contributed by atoms with Crippen LogP contribution >= 0.6 is 0 Å². The SMILES string of the molecule is C#CCC(NC(=O)CC1CCC(NC(=O)OCC2c3ccccc3-c3ccccc32)C1)C(=O)O. The summed E-state index contributed by atoms with van der Waals surface area (Å²) in [5, 5.41) is 14.5. The van der Waals surface area contributed by atoms with Crippen molar-refractivity contribution in [3.63, 3.8) is 0 Å². The van der Waals surface area contributed by atoms with E-state index in [4.69, 9.17) is 16.3 Å². The number of benzene rings is 2. The van der Waals surface area contributed by atoms with Gasteiger partial charge in [-0.05, 0) is 47.4 Å². The Morgan fingerprint density at radius 1 is 1.06 bits per heavy atom. The molecule has 7 heteroatoms. The second-order valence-electron chi connectivity index (χ2n) is 8.92. The number of hydrogen-bond donors (Lipinski definition) is 3. The minimum Gasteiger partial charge on any atom is -0.480 e. The van der Waals surface area contributed by atoms with E-state index in [1.165, 1.54) is 11.1 Å². The number of ether oxygens (including phenoxy) is 1. The first kappa shape index (κ1) is 23.4. The summed E-state index contributed by atoms with van der Waals surface area (Å²) < 4.78 is 5.61. The molecule has 4 rings (SSSR count). The van der Waals surface area contributed by atoms with Crippen LogP contribution in [0.2, 0.25) is 0 Å². The molecule has 0 saturated heterocycles. The standard InChI is InChI=1S/C27H28N2O5/c1-2-7-24(26(31)32)29-25(30)15-17-12-13-18(14-17)28-27(33)34-16-23-21-10-5-3-8-19(21)20-9-4-6-11-22(20)23/h1,3-6,8-11,17-18,23-24H,7,12-16H2,(H,28,33)(H,29,30)(H,31,32). The van der Waals surface area contributed by atoms with Gasteiger partial charge in [0, 0.05) is 24.8 Å². The predicted molar refractivity (Wildman–Crippen MR) is 127 cm³/mol. The maximum absolute atomic E-state index is 12.5. The minimum atomic E-state index is -1.15. The molecule has 176 valence electrons. The Morgan fingerprint density at radius 2 is 1.71 bits per heavy atom. The van der Waals surface area contributed by atoms with Gasteiger partial charge in [-0.2, -0.15) is 0 Å². The van der Waals surface area contributed by atoms with Crippen molar-refractivity contribution in [1.82, 2.24) is 10.6 Å². The lowest BCUT2D eigenvalue weighted by Crippen LogP contribution is -2.41. The van der Waals surface area contributed by atoms with Crippen LogP contribution in [0.4, 0.5) is 4.79 Å². The fourth-order valence-corrected chi connectivity index (χ4v) is 5.03. The van der Waals surface area contributed by atoms with Crippen molar-refractivity contribution in [3.8, 4) is 23.5 Å². The zero-order chi connectivity index (χ0) is 24.1. The van der Waals surface area contributed by atoms with Gasteiger partial charge >= 0.3 is 12.1 Å². The molecule has 1 saturated carbocycles. The Kier molecular flexibility index (Phi) is 7.17. The molecule has 0 spiro atoms. The van der Waals surface area contributed by atoms with Crippen molar-refractivity contribution in [2.75, 3.05) is 6.61 Å². The van der Waals surface area contributed by atoms with Gasteiger partial charge in [-0.25, -0.2) is 9.59 Å². The largest absolute Gasteiger partial charge is 0.480 e. The molecule has 3 atom stereocenters. The molecule has 7 nitrogen and oxygen atoms in total. The van der Waals surface area contributed by atoms with E-state index in [-0.39, 0.29) is 43.2 Å². The Labute approximate surface area is 198 Å². The molecule has 2 amide bonds. The smallest absolute Gasteiger partial charge is 0.407 e. The molecule has 0 aliphatic heterocycles. The van der Waals surface area contributed by atoms with Gasteiger partial charge in [-0.15, -0.1) is 12.3 Å². The first-order valence-corrected chi connectivity index (χ1v) is 11.5. The number of alkyl carbamates (subject to hydrolysis) is 1. The molecule has 2 aliphatic rings. The van der Waals surface area contributed by atoms with Gasteiger partial charge in [-0.3, -0.25) is 4.79 Å². The van der Waals surface area contributed by atoms with E-state index in [9.17, 15) is 14.4 Å². The van der Waals surface area contributed by atoms with Crippen molar-refractivity contribution >= 4 is 18.0 Å². The number of amides is 2. The summed E-state index contributed by atoms with van der Waals surface area (Å²) in [6, 6.07) is 15.2. The van der Waals surface area contributed by atoms with Crippen LogP contribution in [-0.4, -0.2) is 41.8 Å². The highest BCUT2D eigenvalue weighted by Crippen LogP contribution is 2.44. The molecule has 2 aliphatic carbocycles. The number of rotatable bonds is 8. The highest BCUT2D eigenvalue weighted by atomic mass is 16.5. The molecule has 0 aromatic heterocycles. The van der Waals surface area contributed by atoms with Gasteiger partial charge in [0.2, 0.25) is 5.91 Å². The highest BCUT2D eigenvalue weighted by Gasteiger charge is 2.31. The third-order valence-electron chi connectivity index (χ3n) is 6.64. The zero-order valence-corrected chi connectivity index (χ0v) is 18.8. The second kappa shape index (κ2) is 10.4. The number of carbonyl (C=O) groups excluding carboxylic acids is 2. The fraction of sp³-hybridized carbons (Fsp3) is 0.370. The van der Waals surface area contributed by atoms with E-state index in [0.717, 1.165) is 24.0 Å². The van der Waals surface area contributed by atoms with Gasteiger partial charge in [-0.1, -0.05) is 48.5 Å². The maximum Gasteiger partial charge on any atom is 0.407 e. The van der Waals surface area contributed by atoms with Crippen LogP contribution in [0.3, 0.4) is 0 Å². The van der Waals surface area contributed by atoms with Gasteiger partial charge in [0.05, 0.1) is 0 Å². The van der Waals surface area contributed by atoms with E-state index in [1.54, 1.807) is 0 Å². The Balaban J connectivity index is 1.25. The van der Waals surface area contributed by atoms with Crippen molar-refractivity contribution < 1.29 is 24.2 Å². The highest BCUT2D eigenvalue weighted by molar-refractivity contribution is 5.84. The van der Waals surface area contributed by atoms with Gasteiger partial charge < -0.3 is 20.5 Å². The number of fused-ring (bicyclic) bond motifs is 3. The fourth-order valence-electron chi connectivity index (χ4n) is 5.03. The van der Waals surface area contributed by atoms with Crippen LogP contribution in [0, 0.1) is 18.3 Å². The van der Waals surface area contributed by atoms with E-state index < -0.39 is 18.1 Å². The number of hydrogen-bond acceptors (Lipinski definition) is 4. The molecule has 0 radical (unpaired) electrons. The van der Waals surface area contributed by atoms with Crippen LogP contribution in [-0.2, 0) is 14.3 Å². The van der Waals surface area contributed by atoms with E-state index >= 15 is 0 Å². The van der Waals surface area contributed by atoms with Gasteiger partial charge in [0.25, 0.3) is 0 Å². The number of carbonyl (C=O) groups is 3. The summed E-state index contributed by atoms with van der Waals surface area (Å²) in [5.41, 5.74) is 4.67. The van der Waals surface area contributed by atoms with Crippen LogP contribution in [0.15, 0.2) is 48.5 Å². The second-order valence-corrected chi connectivity index (χ2v) is 8.92. The number of carboxylic acid groups (broad SMARTS) is 1. The van der Waals surface area contributed by atoms with Crippen molar-refractivity contribution in [2.45, 2.75) is 50.1 Å². The van der Waals surface area contributed by atoms with E-state index in [1.807, 2.05) is 24.3 Å². The number of terminal acetylenes is 1. The molecule has 0 bridgehead atoms. The zero-order valence-electron chi connectivity index (χ0n) is 18.8. The lowest BCUT2D eigenvalue weighted by Gasteiger charge is -2.17. The van der Waals surface area contributed by atoms with Crippen molar-refractivity contribution in [2.24, 2.45) is 5.92 Å². The lowest BCUT2D eigenvalue weighted by atomic mass is 9.98. The third-order valence-corrected chi connectivity index (χ3v) is 6.64. The number of nitrogens with one attached hydrogen (secondary N) is 2. The van der Waals surface area contributed by atoms with E-state index in [2.05, 4.69) is 40.8 Å². The van der Waals surface area contributed by atoms with Gasteiger partial charge in [0.15, 0.2) is 0 Å². The first-order chi connectivity index (χ1) is 16.5. The van der Waals surface area contributed by atoms with Crippen LogP contribution in [0.5, 0.6) is 0 Å². The molecule has 0 heterocycles. The topological polar surface area (TPSA) is 105 Å². The van der Waals surface area contributed by atoms with E-state index in [0.29, 0.717) is 6.42 Å². The number of aliphatic carboxylic acids is 1. The summed E-state index contributed by atoms with van der Waals surface area (Å²) in [6.45, 7) is 0.254. The molecule has 3 N–H and O–H groups in total. The number of carboxylic acids is 1. The quantitative estimate of drug-likeness (QED) is 0.522. The summed E-state index contributed by atoms with van der Waals surface area (Å²) in [5.74, 6) is 0.851. The average Bonchev–Trinajstić information content (AvgIpc) is 3.39. The Bertz CT molecular complexity index is 1080. The monoisotopic (exact) mass is 460 g/mol. The molecular formula is C27H28N2O5. The molecule has 2 aromatic carbocycles. The first-order valence-electron chi connectivity index (χ1n) is 11.5. The van der Waals surface area contributed by atoms with Crippen LogP contribution in [0.25, 0.3) is 11.1 Å². The molecule has 34 heavy (non-hydrogen) atoms. The molecule has 1 fully saturated rings. The van der Waals surface area contributed by atoms with Gasteiger partial charge in [0.1, 0.15) is 12.6 Å². The summed E-state index contributed by atoms with van der Waals surface area (Å²) >= 11 is 0. The van der Waals surface area contributed by atoms with Crippen molar-refractivity contribution in [1.29, 1.82) is 0 Å². The van der Waals surface area contributed by atoms with Crippen LogP contribution in [0.1, 0.15) is 49.1 Å². The van der Waals surface area contributed by atoms with Crippen LogP contribution < -0.4 is 10.6 Å². The molecular weight excluding hydrogens is 432 g/mol. The van der Waals surface area contributed by atoms with Crippen molar-refractivity contribution in [3.05, 3.63) is 59.7 Å². The summed E-state index contributed by atoms with van der Waals surface area (Å²) in [4.78, 5) is 35.9. The Hall–Kier alpha value is -3.79. The summed E-state index contributed by atoms with van der Waals surface area (Å²) in [7, 11) is 0. The predicted octanol–water partition coefficient (Wildman–Crippen LogP) is 3.68. The third kappa shape index (κ3) is 5.23. The molecule has 3 unspecified atom stereocenters. The Morgan fingerprint density at radius 3 is 2.32 bits per heavy atom. The summed E-state index contributed by atoms with van der Waals surface area (Å²) in [6.07, 6.45) is 7.01. The minimum absolute atomic E-state index is 0.00311. The lowest BCUT2D eigenvalue weighted by molar-refractivity contribution is -0.141. The maximum atomic E-state index is 12.5. The average molecular weight is 461 g/mol. The molecule has 2 aromatic rings.